The highest BCUT2D eigenvalue weighted by Crippen LogP contribution is 2.08. The number of piperazine rings is 1. The number of aryl methyl sites for hydroxylation is 1. The van der Waals surface area contributed by atoms with Crippen molar-refractivity contribution in [3.63, 3.8) is 0 Å². The van der Waals surface area contributed by atoms with E-state index in [0.717, 1.165) is 44.1 Å². The van der Waals surface area contributed by atoms with Crippen molar-refractivity contribution in [2.75, 3.05) is 32.8 Å². The van der Waals surface area contributed by atoms with Gasteiger partial charge in [0, 0.05) is 45.6 Å². The fraction of sp³-hybridized carbons (Fsp3) is 0.444. The number of imidazole rings is 1. The lowest BCUT2D eigenvalue weighted by molar-refractivity contribution is -0.138. The Morgan fingerprint density at radius 1 is 1.17 bits per heavy atom. The van der Waals surface area contributed by atoms with E-state index in [0.29, 0.717) is 6.61 Å². The Hall–Kier alpha value is -2.18. The van der Waals surface area contributed by atoms with Gasteiger partial charge in [-0.1, -0.05) is 30.3 Å². The minimum atomic E-state index is 0.0718. The van der Waals surface area contributed by atoms with E-state index in [1.807, 2.05) is 59.2 Å². The van der Waals surface area contributed by atoms with Gasteiger partial charge in [-0.25, -0.2) is 4.98 Å². The highest BCUT2D eigenvalue weighted by atomic mass is 16.5. The van der Waals surface area contributed by atoms with Crippen LogP contribution in [-0.4, -0.2) is 58.0 Å². The number of ether oxygens (including phenoxy) is 1. The van der Waals surface area contributed by atoms with Crippen molar-refractivity contribution in [1.29, 1.82) is 0 Å². The van der Waals surface area contributed by atoms with Crippen molar-refractivity contribution in [2.24, 2.45) is 7.05 Å². The molecule has 24 heavy (non-hydrogen) atoms. The molecule has 1 aromatic heterocycles. The highest BCUT2D eigenvalue weighted by Gasteiger charge is 2.21. The molecule has 6 heteroatoms. The minimum absolute atomic E-state index is 0.0718. The van der Waals surface area contributed by atoms with Crippen LogP contribution in [0.15, 0.2) is 42.7 Å². The van der Waals surface area contributed by atoms with Gasteiger partial charge in [0.25, 0.3) is 0 Å². The first-order valence-corrected chi connectivity index (χ1v) is 8.30. The smallest absolute Gasteiger partial charge is 0.248 e. The average molecular weight is 328 g/mol. The normalized spacial score (nSPS) is 15.6. The number of rotatable bonds is 6. The van der Waals surface area contributed by atoms with Gasteiger partial charge in [0.1, 0.15) is 12.4 Å². The highest BCUT2D eigenvalue weighted by molar-refractivity contribution is 5.77. The fourth-order valence-electron chi connectivity index (χ4n) is 2.83. The largest absolute Gasteiger partial charge is 0.367 e. The molecule has 0 bridgehead atoms. The van der Waals surface area contributed by atoms with Gasteiger partial charge >= 0.3 is 0 Å². The molecule has 0 saturated carbocycles. The molecule has 1 aliphatic rings. The molecular weight excluding hydrogens is 304 g/mol. The van der Waals surface area contributed by atoms with Gasteiger partial charge in [-0.3, -0.25) is 9.69 Å². The predicted molar refractivity (Wildman–Crippen MR) is 91.2 cm³/mol. The van der Waals surface area contributed by atoms with Gasteiger partial charge in [0.15, 0.2) is 0 Å². The first-order valence-electron chi connectivity index (χ1n) is 8.30. The zero-order chi connectivity index (χ0) is 16.8. The number of nitrogens with zero attached hydrogens (tertiary/aromatic N) is 4. The van der Waals surface area contributed by atoms with Crippen LogP contribution < -0.4 is 0 Å². The number of carbonyl (C=O) groups is 1. The van der Waals surface area contributed by atoms with Crippen LogP contribution in [0.4, 0.5) is 0 Å². The molecule has 1 amide bonds. The lowest BCUT2D eigenvalue weighted by atomic mass is 10.2. The van der Waals surface area contributed by atoms with E-state index in [1.165, 1.54) is 0 Å². The molecule has 2 heterocycles. The van der Waals surface area contributed by atoms with E-state index < -0.39 is 0 Å². The van der Waals surface area contributed by atoms with Crippen LogP contribution in [0.3, 0.4) is 0 Å². The van der Waals surface area contributed by atoms with Gasteiger partial charge in [-0.2, -0.15) is 0 Å². The van der Waals surface area contributed by atoms with Crippen molar-refractivity contribution in [3.8, 4) is 0 Å². The van der Waals surface area contributed by atoms with Crippen LogP contribution >= 0.6 is 0 Å². The van der Waals surface area contributed by atoms with E-state index in [2.05, 4.69) is 9.88 Å². The molecule has 3 rings (SSSR count). The van der Waals surface area contributed by atoms with Crippen molar-refractivity contribution in [1.82, 2.24) is 19.4 Å². The van der Waals surface area contributed by atoms with Gasteiger partial charge in [0.05, 0.1) is 13.2 Å². The lowest BCUT2D eigenvalue weighted by Gasteiger charge is -2.34. The fourth-order valence-corrected chi connectivity index (χ4v) is 2.83. The summed E-state index contributed by atoms with van der Waals surface area (Å²) >= 11 is 0. The Kier molecular flexibility index (Phi) is 5.61. The first kappa shape index (κ1) is 16.7. The quantitative estimate of drug-likeness (QED) is 0.802. The molecule has 0 radical (unpaired) electrons. The van der Waals surface area contributed by atoms with E-state index in [-0.39, 0.29) is 12.5 Å². The Morgan fingerprint density at radius 3 is 2.58 bits per heavy atom. The summed E-state index contributed by atoms with van der Waals surface area (Å²) in [6.45, 7) is 4.69. The molecule has 6 nitrogen and oxygen atoms in total. The topological polar surface area (TPSA) is 50.6 Å². The second kappa shape index (κ2) is 8.08. The van der Waals surface area contributed by atoms with Crippen LogP contribution in [0, 0.1) is 0 Å². The van der Waals surface area contributed by atoms with Crippen molar-refractivity contribution in [3.05, 3.63) is 54.1 Å². The second-order valence-electron chi connectivity index (χ2n) is 6.09. The van der Waals surface area contributed by atoms with E-state index in [1.54, 1.807) is 0 Å². The molecule has 0 atom stereocenters. The molecule has 1 aliphatic heterocycles. The molecule has 1 saturated heterocycles. The van der Waals surface area contributed by atoms with Gasteiger partial charge in [-0.15, -0.1) is 0 Å². The molecule has 1 fully saturated rings. The van der Waals surface area contributed by atoms with Crippen LogP contribution in [-0.2, 0) is 29.7 Å². The second-order valence-corrected chi connectivity index (χ2v) is 6.09. The zero-order valence-electron chi connectivity index (χ0n) is 14.1. The average Bonchev–Trinajstić information content (AvgIpc) is 3.01. The van der Waals surface area contributed by atoms with Gasteiger partial charge in [-0.05, 0) is 5.56 Å². The maximum Gasteiger partial charge on any atom is 0.248 e. The maximum atomic E-state index is 12.2. The monoisotopic (exact) mass is 328 g/mol. The SMILES string of the molecule is Cn1ccnc1CN1CCN(C(=O)COCc2ccccc2)CC1. The Balaban J connectivity index is 1.38. The maximum absolute atomic E-state index is 12.2. The summed E-state index contributed by atoms with van der Waals surface area (Å²) in [6.07, 6.45) is 3.78. The number of carbonyl (C=O) groups excluding carboxylic acids is 1. The standard InChI is InChI=1S/C18H24N4O2/c1-20-8-7-19-17(20)13-21-9-11-22(12-10-21)18(23)15-24-14-16-5-3-2-4-6-16/h2-8H,9-15H2,1H3. The molecule has 2 aromatic rings. The van der Waals surface area contributed by atoms with Crippen LogP contribution in [0.2, 0.25) is 0 Å². The third kappa shape index (κ3) is 4.43. The molecule has 0 N–H and O–H groups in total. The number of benzene rings is 1. The molecule has 1 aromatic carbocycles. The van der Waals surface area contributed by atoms with E-state index in [4.69, 9.17) is 4.74 Å². The molecule has 128 valence electrons. The first-order chi connectivity index (χ1) is 11.7. The molecular formula is C18H24N4O2. The zero-order valence-corrected chi connectivity index (χ0v) is 14.1. The van der Waals surface area contributed by atoms with Crippen LogP contribution in [0.5, 0.6) is 0 Å². The summed E-state index contributed by atoms with van der Waals surface area (Å²) in [5.41, 5.74) is 1.09. The number of hydrogen-bond acceptors (Lipinski definition) is 4. The summed E-state index contributed by atoms with van der Waals surface area (Å²) in [4.78, 5) is 20.8. The summed E-state index contributed by atoms with van der Waals surface area (Å²) in [7, 11) is 2.01. The number of amides is 1. The summed E-state index contributed by atoms with van der Waals surface area (Å²) in [6, 6.07) is 9.92. The predicted octanol–water partition coefficient (Wildman–Crippen LogP) is 1.28. The van der Waals surface area contributed by atoms with Crippen molar-refractivity contribution >= 4 is 5.91 Å². The van der Waals surface area contributed by atoms with Crippen LogP contribution in [0.25, 0.3) is 0 Å². The lowest BCUT2D eigenvalue weighted by Crippen LogP contribution is -2.49. The number of aromatic nitrogens is 2. The molecule has 0 aliphatic carbocycles. The van der Waals surface area contributed by atoms with Gasteiger partial charge < -0.3 is 14.2 Å². The van der Waals surface area contributed by atoms with Gasteiger partial charge in [0.2, 0.25) is 5.91 Å². The summed E-state index contributed by atoms with van der Waals surface area (Å²) < 4.78 is 7.58. The molecule has 0 unspecified atom stereocenters. The number of hydrogen-bond donors (Lipinski definition) is 0. The van der Waals surface area contributed by atoms with Crippen molar-refractivity contribution in [2.45, 2.75) is 13.2 Å². The van der Waals surface area contributed by atoms with E-state index in [9.17, 15) is 4.79 Å². The Bertz CT molecular complexity index is 648. The van der Waals surface area contributed by atoms with Crippen LogP contribution in [0.1, 0.15) is 11.4 Å². The Morgan fingerprint density at radius 2 is 1.92 bits per heavy atom. The molecule has 0 spiro atoms. The third-order valence-corrected chi connectivity index (χ3v) is 4.35. The summed E-state index contributed by atoms with van der Waals surface area (Å²) in [5.74, 6) is 1.13. The summed E-state index contributed by atoms with van der Waals surface area (Å²) in [5, 5.41) is 0. The third-order valence-electron chi connectivity index (χ3n) is 4.35. The van der Waals surface area contributed by atoms with E-state index >= 15 is 0 Å². The Labute approximate surface area is 142 Å². The minimum Gasteiger partial charge on any atom is -0.367 e. The van der Waals surface area contributed by atoms with Crippen molar-refractivity contribution < 1.29 is 9.53 Å².